The van der Waals surface area contributed by atoms with Gasteiger partial charge in [-0.2, -0.15) is 0 Å². The predicted molar refractivity (Wildman–Crippen MR) is 89.7 cm³/mol. The van der Waals surface area contributed by atoms with Gasteiger partial charge >= 0.3 is 0 Å². The molecule has 2 aromatic carbocycles. The highest BCUT2D eigenvalue weighted by molar-refractivity contribution is 5.50. The lowest BCUT2D eigenvalue weighted by Crippen LogP contribution is -2.38. The van der Waals surface area contributed by atoms with Crippen LogP contribution in [0.1, 0.15) is 37.0 Å². The molecule has 1 unspecified atom stereocenters. The molecule has 2 rings (SSSR count). The topological polar surface area (TPSA) is 32.3 Å². The van der Waals surface area contributed by atoms with E-state index in [9.17, 15) is 5.11 Å². The fourth-order valence-electron chi connectivity index (χ4n) is 2.67. The van der Waals surface area contributed by atoms with Crippen LogP contribution in [0.2, 0.25) is 0 Å². The minimum absolute atomic E-state index is 0.0723. The second-order valence-corrected chi connectivity index (χ2v) is 5.64. The van der Waals surface area contributed by atoms with Crippen LogP contribution in [0.15, 0.2) is 48.5 Å². The van der Waals surface area contributed by atoms with Crippen molar-refractivity contribution in [3.05, 3.63) is 65.2 Å². The maximum Gasteiger partial charge on any atom is 0.0854 e. The van der Waals surface area contributed by atoms with Crippen LogP contribution in [0.4, 0.5) is 5.69 Å². The van der Waals surface area contributed by atoms with Crippen LogP contribution >= 0.6 is 0 Å². The molecule has 0 radical (unpaired) electrons. The van der Waals surface area contributed by atoms with Gasteiger partial charge in [-0.05, 0) is 48.6 Å². The standard InChI is InChI=1S/C19H25NO/c1-4-16-9-11-17(12-10-16)19(5-2,14-21)20-18-8-6-7-15(3)13-18/h6-13,20-21H,4-5,14H2,1-3H3. The maximum absolute atomic E-state index is 10.0. The Morgan fingerprint density at radius 2 is 1.76 bits per heavy atom. The van der Waals surface area contributed by atoms with E-state index in [1.54, 1.807) is 0 Å². The van der Waals surface area contributed by atoms with Crippen molar-refractivity contribution < 1.29 is 5.11 Å². The Bertz CT molecular complexity index is 570. The summed E-state index contributed by atoms with van der Waals surface area (Å²) in [7, 11) is 0. The Labute approximate surface area is 127 Å². The summed E-state index contributed by atoms with van der Waals surface area (Å²) in [5.74, 6) is 0. The van der Waals surface area contributed by atoms with Crippen molar-refractivity contribution in [1.82, 2.24) is 0 Å². The third-order valence-electron chi connectivity index (χ3n) is 4.19. The van der Waals surface area contributed by atoms with Crippen LogP contribution in [-0.4, -0.2) is 11.7 Å². The zero-order valence-electron chi connectivity index (χ0n) is 13.2. The molecule has 0 fully saturated rings. The summed E-state index contributed by atoms with van der Waals surface area (Å²) in [6.45, 7) is 6.41. The minimum Gasteiger partial charge on any atom is -0.394 e. The van der Waals surface area contributed by atoms with Crippen LogP contribution < -0.4 is 5.32 Å². The maximum atomic E-state index is 10.0. The molecule has 0 amide bonds. The third kappa shape index (κ3) is 3.45. The van der Waals surface area contributed by atoms with Crippen molar-refractivity contribution in [3.8, 4) is 0 Å². The molecule has 0 aliphatic heterocycles. The van der Waals surface area contributed by atoms with Crippen LogP contribution in [0.25, 0.3) is 0 Å². The molecular formula is C19H25NO. The molecule has 1 atom stereocenters. The Kier molecular flexibility index (Phi) is 5.03. The summed E-state index contributed by atoms with van der Waals surface area (Å²) in [4.78, 5) is 0. The van der Waals surface area contributed by atoms with Crippen molar-refractivity contribution in [1.29, 1.82) is 0 Å². The van der Waals surface area contributed by atoms with Crippen molar-refractivity contribution in [2.24, 2.45) is 0 Å². The molecule has 0 heterocycles. The first kappa shape index (κ1) is 15.6. The SMILES string of the molecule is CCc1ccc(C(CC)(CO)Nc2cccc(C)c2)cc1. The zero-order valence-corrected chi connectivity index (χ0v) is 13.2. The Balaban J connectivity index is 2.34. The van der Waals surface area contributed by atoms with Gasteiger partial charge in [-0.3, -0.25) is 0 Å². The summed E-state index contributed by atoms with van der Waals surface area (Å²) < 4.78 is 0. The Morgan fingerprint density at radius 1 is 1.05 bits per heavy atom. The highest BCUT2D eigenvalue weighted by atomic mass is 16.3. The molecule has 2 N–H and O–H groups in total. The van der Waals surface area contributed by atoms with Gasteiger partial charge in [0.2, 0.25) is 0 Å². The zero-order chi connectivity index (χ0) is 15.3. The number of anilines is 1. The van der Waals surface area contributed by atoms with E-state index in [2.05, 4.69) is 62.5 Å². The summed E-state index contributed by atoms with van der Waals surface area (Å²) in [6, 6.07) is 16.8. The quantitative estimate of drug-likeness (QED) is 0.830. The second-order valence-electron chi connectivity index (χ2n) is 5.64. The fourth-order valence-corrected chi connectivity index (χ4v) is 2.67. The average Bonchev–Trinajstić information content (AvgIpc) is 2.53. The van der Waals surface area contributed by atoms with E-state index < -0.39 is 5.54 Å². The van der Waals surface area contributed by atoms with Gasteiger partial charge in [-0.15, -0.1) is 0 Å². The molecule has 0 spiro atoms. The molecule has 0 saturated heterocycles. The van der Waals surface area contributed by atoms with E-state index in [-0.39, 0.29) is 6.61 Å². The smallest absolute Gasteiger partial charge is 0.0854 e. The summed E-state index contributed by atoms with van der Waals surface area (Å²) in [6.07, 6.45) is 1.85. The molecule has 2 heteroatoms. The summed E-state index contributed by atoms with van der Waals surface area (Å²) in [5.41, 5.74) is 4.28. The highest BCUT2D eigenvalue weighted by Gasteiger charge is 2.29. The third-order valence-corrected chi connectivity index (χ3v) is 4.19. The number of hydrogen-bond acceptors (Lipinski definition) is 2. The van der Waals surface area contributed by atoms with Gasteiger partial charge in [0.1, 0.15) is 0 Å². The van der Waals surface area contributed by atoms with Gasteiger partial charge in [-0.25, -0.2) is 0 Å². The second kappa shape index (κ2) is 6.77. The van der Waals surface area contributed by atoms with Crippen LogP contribution in [0.3, 0.4) is 0 Å². The first-order valence-electron chi connectivity index (χ1n) is 7.68. The van der Waals surface area contributed by atoms with E-state index in [0.717, 1.165) is 24.1 Å². The first-order chi connectivity index (χ1) is 10.1. The first-order valence-corrected chi connectivity index (χ1v) is 7.68. The molecule has 0 saturated carbocycles. The van der Waals surface area contributed by atoms with E-state index in [1.807, 2.05) is 12.1 Å². The van der Waals surface area contributed by atoms with Gasteiger partial charge < -0.3 is 10.4 Å². The monoisotopic (exact) mass is 283 g/mol. The van der Waals surface area contributed by atoms with Crippen LogP contribution in [0, 0.1) is 6.92 Å². The lowest BCUT2D eigenvalue weighted by atomic mass is 9.87. The molecular weight excluding hydrogens is 258 g/mol. The van der Waals surface area contributed by atoms with Crippen LogP contribution in [-0.2, 0) is 12.0 Å². The van der Waals surface area contributed by atoms with Crippen LogP contribution in [0.5, 0.6) is 0 Å². The largest absolute Gasteiger partial charge is 0.394 e. The Morgan fingerprint density at radius 3 is 2.29 bits per heavy atom. The molecule has 0 aromatic heterocycles. The summed E-state index contributed by atoms with van der Waals surface area (Å²) in [5, 5.41) is 13.6. The van der Waals surface area contributed by atoms with Crippen molar-refractivity contribution in [3.63, 3.8) is 0 Å². The van der Waals surface area contributed by atoms with Gasteiger partial charge in [-0.1, -0.05) is 50.2 Å². The number of rotatable bonds is 6. The van der Waals surface area contributed by atoms with Crippen molar-refractivity contribution >= 4 is 5.69 Å². The molecule has 0 bridgehead atoms. The van der Waals surface area contributed by atoms with E-state index in [1.165, 1.54) is 11.1 Å². The molecule has 0 aliphatic carbocycles. The number of aliphatic hydroxyl groups is 1. The number of aliphatic hydroxyl groups excluding tert-OH is 1. The number of nitrogens with one attached hydrogen (secondary N) is 1. The molecule has 0 aliphatic rings. The van der Waals surface area contributed by atoms with E-state index >= 15 is 0 Å². The van der Waals surface area contributed by atoms with Gasteiger partial charge in [0.05, 0.1) is 12.1 Å². The molecule has 112 valence electrons. The molecule has 2 aromatic rings. The van der Waals surface area contributed by atoms with Gasteiger partial charge in [0.25, 0.3) is 0 Å². The molecule has 2 nitrogen and oxygen atoms in total. The van der Waals surface area contributed by atoms with Gasteiger partial charge in [0, 0.05) is 5.69 Å². The number of aryl methyl sites for hydroxylation is 2. The average molecular weight is 283 g/mol. The number of benzene rings is 2. The number of hydrogen-bond donors (Lipinski definition) is 2. The fraction of sp³-hybridized carbons (Fsp3) is 0.368. The minimum atomic E-state index is -0.430. The van der Waals surface area contributed by atoms with Crippen molar-refractivity contribution in [2.75, 3.05) is 11.9 Å². The van der Waals surface area contributed by atoms with Gasteiger partial charge in [0.15, 0.2) is 0 Å². The predicted octanol–water partition coefficient (Wildman–Crippen LogP) is 4.27. The van der Waals surface area contributed by atoms with E-state index in [4.69, 9.17) is 0 Å². The highest BCUT2D eigenvalue weighted by Crippen LogP contribution is 2.30. The lowest BCUT2D eigenvalue weighted by Gasteiger charge is -2.34. The lowest BCUT2D eigenvalue weighted by molar-refractivity contribution is 0.207. The van der Waals surface area contributed by atoms with Crippen molar-refractivity contribution in [2.45, 2.75) is 39.2 Å². The normalized spacial score (nSPS) is 13.7. The summed E-state index contributed by atoms with van der Waals surface area (Å²) >= 11 is 0. The Hall–Kier alpha value is -1.80. The molecule has 21 heavy (non-hydrogen) atoms. The van der Waals surface area contributed by atoms with E-state index in [0.29, 0.717) is 0 Å².